The van der Waals surface area contributed by atoms with Crippen LogP contribution in [-0.4, -0.2) is 48.1 Å². The summed E-state index contributed by atoms with van der Waals surface area (Å²) in [4.78, 5) is 38.0. The molecule has 3 rings (SSSR count). The molecule has 1 atom stereocenters. The quantitative estimate of drug-likeness (QED) is 0.718. The molecular formula is C21H23N3O5. The number of likely N-dealkylation sites (tertiary alicyclic amines) is 1. The summed E-state index contributed by atoms with van der Waals surface area (Å²) in [6.45, 7) is 0.901. The largest absolute Gasteiger partial charge is 0.496 e. The first-order chi connectivity index (χ1) is 14.0. The van der Waals surface area contributed by atoms with Crippen LogP contribution in [0.2, 0.25) is 0 Å². The molecule has 0 radical (unpaired) electrons. The summed E-state index contributed by atoms with van der Waals surface area (Å²) in [5, 5.41) is 14.8. The maximum absolute atomic E-state index is 12.7. The van der Waals surface area contributed by atoms with E-state index in [2.05, 4.69) is 10.6 Å². The van der Waals surface area contributed by atoms with E-state index in [9.17, 15) is 14.4 Å². The molecule has 2 aromatic rings. The Balaban J connectivity index is 1.62. The van der Waals surface area contributed by atoms with Gasteiger partial charge < -0.3 is 25.4 Å². The van der Waals surface area contributed by atoms with Crippen LogP contribution in [0.15, 0.2) is 48.5 Å². The molecule has 152 valence electrons. The number of methoxy groups -OCH3 is 1. The summed E-state index contributed by atoms with van der Waals surface area (Å²) < 4.78 is 5.09. The number of nitrogens with one attached hydrogen (secondary N) is 2. The lowest BCUT2D eigenvalue weighted by atomic mass is 9.97. The molecule has 1 aliphatic heterocycles. The molecule has 3 N–H and O–H groups in total. The molecule has 0 aliphatic carbocycles. The van der Waals surface area contributed by atoms with Gasteiger partial charge in [-0.1, -0.05) is 18.2 Å². The second-order valence-corrected chi connectivity index (χ2v) is 6.79. The molecule has 8 heteroatoms. The van der Waals surface area contributed by atoms with E-state index < -0.39 is 5.97 Å². The Bertz CT molecular complexity index is 900. The molecule has 0 spiro atoms. The minimum atomic E-state index is -1.10. The zero-order valence-electron chi connectivity index (χ0n) is 16.1. The lowest BCUT2D eigenvalue weighted by Crippen LogP contribution is -2.45. The lowest BCUT2D eigenvalue weighted by Gasteiger charge is -2.32. The van der Waals surface area contributed by atoms with Crippen LogP contribution in [-0.2, 0) is 4.79 Å². The van der Waals surface area contributed by atoms with Crippen molar-refractivity contribution in [3.05, 3.63) is 54.1 Å². The van der Waals surface area contributed by atoms with Crippen molar-refractivity contribution in [1.29, 1.82) is 0 Å². The molecule has 1 fully saturated rings. The van der Waals surface area contributed by atoms with Gasteiger partial charge in [0.15, 0.2) is 0 Å². The van der Waals surface area contributed by atoms with Gasteiger partial charge in [-0.15, -0.1) is 0 Å². The van der Waals surface area contributed by atoms with Crippen LogP contribution in [0.3, 0.4) is 0 Å². The van der Waals surface area contributed by atoms with Crippen molar-refractivity contribution in [3.8, 4) is 5.75 Å². The van der Waals surface area contributed by atoms with E-state index in [4.69, 9.17) is 9.84 Å². The number of hydrogen-bond acceptors (Lipinski definition) is 4. The number of aromatic carboxylic acids is 1. The van der Waals surface area contributed by atoms with E-state index in [-0.39, 0.29) is 29.2 Å². The summed E-state index contributed by atoms with van der Waals surface area (Å²) in [5.74, 6) is -1.50. The molecule has 8 nitrogen and oxygen atoms in total. The highest BCUT2D eigenvalue weighted by atomic mass is 16.5. The zero-order valence-corrected chi connectivity index (χ0v) is 16.1. The monoisotopic (exact) mass is 397 g/mol. The summed E-state index contributed by atoms with van der Waals surface area (Å²) in [5.41, 5.74) is 1.17. The van der Waals surface area contributed by atoms with Crippen LogP contribution in [0.25, 0.3) is 0 Å². The third kappa shape index (κ3) is 5.04. The van der Waals surface area contributed by atoms with Crippen LogP contribution in [0.1, 0.15) is 23.2 Å². The molecule has 0 saturated carbocycles. The maximum atomic E-state index is 12.7. The number of carbonyl (C=O) groups is 3. The number of anilines is 2. The first-order valence-corrected chi connectivity index (χ1v) is 9.31. The Kier molecular flexibility index (Phi) is 6.33. The number of carboxylic acids is 1. The summed E-state index contributed by atoms with van der Waals surface area (Å²) in [6, 6.07) is 13.3. The first kappa shape index (κ1) is 20.2. The van der Waals surface area contributed by atoms with Crippen molar-refractivity contribution in [1.82, 2.24) is 4.90 Å². The molecule has 1 heterocycles. The first-order valence-electron chi connectivity index (χ1n) is 9.31. The van der Waals surface area contributed by atoms with Crippen LogP contribution < -0.4 is 15.4 Å². The second kappa shape index (κ2) is 9.09. The molecule has 0 aromatic heterocycles. The highest BCUT2D eigenvalue weighted by Crippen LogP contribution is 2.25. The van der Waals surface area contributed by atoms with Gasteiger partial charge in [-0.3, -0.25) is 4.79 Å². The maximum Gasteiger partial charge on any atom is 0.339 e. The second-order valence-electron chi connectivity index (χ2n) is 6.79. The average Bonchev–Trinajstić information content (AvgIpc) is 2.74. The molecule has 1 unspecified atom stereocenters. The van der Waals surface area contributed by atoms with Gasteiger partial charge in [0.25, 0.3) is 0 Å². The summed E-state index contributed by atoms with van der Waals surface area (Å²) in [7, 11) is 1.37. The predicted octanol–water partition coefficient (Wildman–Crippen LogP) is 3.28. The molecule has 1 saturated heterocycles. The van der Waals surface area contributed by atoms with E-state index >= 15 is 0 Å². The fraction of sp³-hybridized carbons (Fsp3) is 0.286. The highest BCUT2D eigenvalue weighted by molar-refractivity contribution is 5.96. The van der Waals surface area contributed by atoms with Crippen LogP contribution in [0.5, 0.6) is 5.75 Å². The normalized spacial score (nSPS) is 16.0. The van der Waals surface area contributed by atoms with E-state index in [1.54, 1.807) is 17.0 Å². The minimum Gasteiger partial charge on any atom is -0.496 e. The fourth-order valence-corrected chi connectivity index (χ4v) is 3.29. The van der Waals surface area contributed by atoms with E-state index in [0.29, 0.717) is 30.9 Å². The number of ether oxygens (including phenoxy) is 1. The van der Waals surface area contributed by atoms with Gasteiger partial charge in [0.1, 0.15) is 11.3 Å². The number of carboxylic acid groups (broad SMARTS) is 1. The Morgan fingerprint density at radius 2 is 1.83 bits per heavy atom. The van der Waals surface area contributed by atoms with Gasteiger partial charge in [0.2, 0.25) is 5.91 Å². The van der Waals surface area contributed by atoms with Gasteiger partial charge in [0.05, 0.1) is 13.0 Å². The van der Waals surface area contributed by atoms with Crippen LogP contribution in [0.4, 0.5) is 16.2 Å². The van der Waals surface area contributed by atoms with Gasteiger partial charge in [-0.25, -0.2) is 9.59 Å². The van der Waals surface area contributed by atoms with Crippen molar-refractivity contribution in [2.75, 3.05) is 30.8 Å². The number of benzene rings is 2. The highest BCUT2D eigenvalue weighted by Gasteiger charge is 2.28. The lowest BCUT2D eigenvalue weighted by molar-refractivity contribution is -0.121. The van der Waals surface area contributed by atoms with Crippen molar-refractivity contribution < 1.29 is 24.2 Å². The Morgan fingerprint density at radius 1 is 1.07 bits per heavy atom. The third-order valence-electron chi connectivity index (χ3n) is 4.80. The standard InChI is InChI=1S/C21H23N3O5/c1-29-18-12-16(9-10-17(18)20(26)27)22-19(25)14-6-5-11-24(13-14)21(28)23-15-7-3-2-4-8-15/h2-4,7-10,12,14H,5-6,11,13H2,1H3,(H,22,25)(H,23,28)(H,26,27). The fourth-order valence-electron chi connectivity index (χ4n) is 3.29. The number of para-hydroxylation sites is 1. The van der Waals surface area contributed by atoms with E-state index in [1.807, 2.05) is 18.2 Å². The zero-order chi connectivity index (χ0) is 20.8. The number of nitrogens with zero attached hydrogens (tertiary/aromatic N) is 1. The molecule has 0 bridgehead atoms. The van der Waals surface area contributed by atoms with E-state index in [0.717, 1.165) is 6.42 Å². The topological polar surface area (TPSA) is 108 Å². The molecular weight excluding hydrogens is 374 g/mol. The van der Waals surface area contributed by atoms with Crippen molar-refractivity contribution in [2.45, 2.75) is 12.8 Å². The number of rotatable bonds is 5. The average molecular weight is 397 g/mol. The molecule has 29 heavy (non-hydrogen) atoms. The van der Waals surface area contributed by atoms with Crippen LogP contribution in [0, 0.1) is 5.92 Å². The van der Waals surface area contributed by atoms with Gasteiger partial charge >= 0.3 is 12.0 Å². The Morgan fingerprint density at radius 3 is 2.52 bits per heavy atom. The predicted molar refractivity (Wildman–Crippen MR) is 108 cm³/mol. The number of piperidine rings is 1. The van der Waals surface area contributed by atoms with Crippen molar-refractivity contribution in [3.63, 3.8) is 0 Å². The smallest absolute Gasteiger partial charge is 0.339 e. The summed E-state index contributed by atoms with van der Waals surface area (Å²) in [6.07, 6.45) is 1.40. The molecule has 3 amide bonds. The minimum absolute atomic E-state index is 0.0203. The summed E-state index contributed by atoms with van der Waals surface area (Å²) >= 11 is 0. The number of amides is 3. The third-order valence-corrected chi connectivity index (χ3v) is 4.80. The Hall–Kier alpha value is -3.55. The van der Waals surface area contributed by atoms with Gasteiger partial charge in [-0.05, 0) is 37.1 Å². The van der Waals surface area contributed by atoms with E-state index in [1.165, 1.54) is 25.3 Å². The van der Waals surface area contributed by atoms with Gasteiger partial charge in [0, 0.05) is 30.5 Å². The molecule has 1 aliphatic rings. The molecule has 2 aromatic carbocycles. The van der Waals surface area contributed by atoms with Crippen molar-refractivity contribution >= 4 is 29.3 Å². The number of urea groups is 1. The SMILES string of the molecule is COc1cc(NC(=O)C2CCCN(C(=O)Nc3ccccc3)C2)ccc1C(=O)O. The number of carbonyl (C=O) groups excluding carboxylic acids is 2. The Labute approximate surface area is 168 Å². The number of hydrogen-bond donors (Lipinski definition) is 3. The van der Waals surface area contributed by atoms with Crippen LogP contribution >= 0.6 is 0 Å². The van der Waals surface area contributed by atoms with Crippen molar-refractivity contribution in [2.24, 2.45) is 5.92 Å². The van der Waals surface area contributed by atoms with Gasteiger partial charge in [-0.2, -0.15) is 0 Å².